The van der Waals surface area contributed by atoms with Crippen LogP contribution < -0.4 is 10.2 Å². The van der Waals surface area contributed by atoms with E-state index in [1.807, 2.05) is 0 Å². The monoisotopic (exact) mass is 482 g/mol. The lowest BCUT2D eigenvalue weighted by atomic mass is 9.80. The molecule has 37 heavy (non-hydrogen) atoms. The molecular formula is C35H34N2. The van der Waals surface area contributed by atoms with Crippen LogP contribution in [-0.2, 0) is 5.54 Å². The minimum atomic E-state index is -0.156. The van der Waals surface area contributed by atoms with Gasteiger partial charge in [-0.1, -0.05) is 105 Å². The van der Waals surface area contributed by atoms with Gasteiger partial charge < -0.3 is 10.2 Å². The Kier molecular flexibility index (Phi) is 7.37. The summed E-state index contributed by atoms with van der Waals surface area (Å²) < 4.78 is 0. The third-order valence-corrected chi connectivity index (χ3v) is 7.27. The lowest BCUT2D eigenvalue weighted by Crippen LogP contribution is -2.34. The van der Waals surface area contributed by atoms with E-state index in [2.05, 4.69) is 164 Å². The zero-order chi connectivity index (χ0) is 25.5. The molecule has 0 aliphatic carbocycles. The van der Waals surface area contributed by atoms with Gasteiger partial charge in [-0.05, 0) is 78.1 Å². The molecule has 5 aromatic carbocycles. The van der Waals surface area contributed by atoms with Crippen molar-refractivity contribution in [2.45, 2.75) is 32.2 Å². The van der Waals surface area contributed by atoms with Crippen LogP contribution in [0.1, 0.15) is 32.3 Å². The molecule has 0 saturated heterocycles. The van der Waals surface area contributed by atoms with Gasteiger partial charge in [-0.2, -0.15) is 0 Å². The molecule has 0 radical (unpaired) electrons. The van der Waals surface area contributed by atoms with Gasteiger partial charge in [0.05, 0.1) is 5.54 Å². The number of hydrogen-bond donors (Lipinski definition) is 1. The van der Waals surface area contributed by atoms with E-state index in [0.29, 0.717) is 0 Å². The van der Waals surface area contributed by atoms with Gasteiger partial charge in [0.25, 0.3) is 0 Å². The number of hydrogen-bond acceptors (Lipinski definition) is 2. The van der Waals surface area contributed by atoms with Gasteiger partial charge in [0.1, 0.15) is 0 Å². The average Bonchev–Trinajstić information content (AvgIpc) is 2.98. The molecule has 5 aromatic rings. The van der Waals surface area contributed by atoms with Crippen molar-refractivity contribution in [3.05, 3.63) is 145 Å². The van der Waals surface area contributed by atoms with Crippen LogP contribution >= 0.6 is 0 Å². The molecule has 2 heteroatoms. The van der Waals surface area contributed by atoms with Gasteiger partial charge in [0.2, 0.25) is 0 Å². The van der Waals surface area contributed by atoms with Crippen LogP contribution in [0, 0.1) is 0 Å². The molecule has 1 N–H and O–H groups in total. The van der Waals surface area contributed by atoms with Crippen LogP contribution in [0.15, 0.2) is 140 Å². The Morgan fingerprint density at radius 1 is 0.514 bits per heavy atom. The van der Waals surface area contributed by atoms with E-state index >= 15 is 0 Å². The summed E-state index contributed by atoms with van der Waals surface area (Å²) in [6.45, 7) is 4.55. The normalized spacial score (nSPS) is 11.2. The highest BCUT2D eigenvalue weighted by Gasteiger charge is 2.30. The Labute approximate surface area is 221 Å². The Bertz CT molecular complexity index is 1350. The Morgan fingerprint density at radius 3 is 1.51 bits per heavy atom. The molecule has 0 saturated carbocycles. The summed E-state index contributed by atoms with van der Waals surface area (Å²) in [6, 6.07) is 49.5. The van der Waals surface area contributed by atoms with Crippen LogP contribution in [-0.4, -0.2) is 0 Å². The van der Waals surface area contributed by atoms with Crippen molar-refractivity contribution in [2.24, 2.45) is 0 Å². The SMILES string of the molecule is CCC(CC)(Nc1ccccc1)c1ccccc1-c1ccc(N(c2ccccc2)c2ccccc2)cc1. The molecule has 184 valence electrons. The highest BCUT2D eigenvalue weighted by Crippen LogP contribution is 2.40. The van der Waals surface area contributed by atoms with Crippen LogP contribution in [0.4, 0.5) is 22.7 Å². The maximum absolute atomic E-state index is 3.88. The Balaban J connectivity index is 1.54. The number of para-hydroxylation sites is 3. The van der Waals surface area contributed by atoms with Crippen LogP contribution in [0.25, 0.3) is 11.1 Å². The quantitative estimate of drug-likeness (QED) is 0.225. The van der Waals surface area contributed by atoms with Gasteiger partial charge in [-0.25, -0.2) is 0 Å². The molecule has 0 amide bonds. The van der Waals surface area contributed by atoms with Crippen molar-refractivity contribution < 1.29 is 0 Å². The Hall–Kier alpha value is -4.30. The average molecular weight is 483 g/mol. The predicted molar refractivity (Wildman–Crippen MR) is 159 cm³/mol. The van der Waals surface area contributed by atoms with Gasteiger partial charge in [-0.3, -0.25) is 0 Å². The van der Waals surface area contributed by atoms with E-state index in [9.17, 15) is 0 Å². The lowest BCUT2D eigenvalue weighted by molar-refractivity contribution is 0.456. The van der Waals surface area contributed by atoms with Crippen molar-refractivity contribution in [3.8, 4) is 11.1 Å². The molecular weight excluding hydrogens is 448 g/mol. The lowest BCUT2D eigenvalue weighted by Gasteiger charge is -2.36. The number of anilines is 4. The van der Waals surface area contributed by atoms with Gasteiger partial charge in [0.15, 0.2) is 0 Å². The van der Waals surface area contributed by atoms with E-state index in [1.165, 1.54) is 16.7 Å². The van der Waals surface area contributed by atoms with E-state index in [0.717, 1.165) is 35.6 Å². The summed E-state index contributed by atoms with van der Waals surface area (Å²) in [5.74, 6) is 0. The summed E-state index contributed by atoms with van der Waals surface area (Å²) in [5.41, 5.74) is 8.25. The molecule has 0 aromatic heterocycles. The standard InChI is InChI=1S/C35H34N2/c1-3-35(4-2,36-29-16-8-5-9-17-29)34-23-15-14-22-33(34)28-24-26-32(27-25-28)37(30-18-10-6-11-19-30)31-20-12-7-13-21-31/h5-27,36H,3-4H2,1-2H3. The van der Waals surface area contributed by atoms with Crippen LogP contribution in [0.3, 0.4) is 0 Å². The second-order valence-corrected chi connectivity index (χ2v) is 9.38. The van der Waals surface area contributed by atoms with E-state index in [4.69, 9.17) is 0 Å². The highest BCUT2D eigenvalue weighted by atomic mass is 15.1. The number of rotatable bonds is 9. The number of benzene rings is 5. The van der Waals surface area contributed by atoms with Gasteiger partial charge in [0, 0.05) is 22.7 Å². The summed E-state index contributed by atoms with van der Waals surface area (Å²) in [4.78, 5) is 2.30. The number of nitrogens with one attached hydrogen (secondary N) is 1. The molecule has 0 aliphatic heterocycles. The van der Waals surface area contributed by atoms with Gasteiger partial charge in [-0.15, -0.1) is 0 Å². The molecule has 0 fully saturated rings. The number of nitrogens with zero attached hydrogens (tertiary/aromatic N) is 1. The third-order valence-electron chi connectivity index (χ3n) is 7.27. The molecule has 5 rings (SSSR count). The summed E-state index contributed by atoms with van der Waals surface area (Å²) in [7, 11) is 0. The Morgan fingerprint density at radius 2 is 0.973 bits per heavy atom. The molecule has 0 atom stereocenters. The molecule has 0 unspecified atom stereocenters. The first kappa shape index (κ1) is 24.4. The maximum atomic E-state index is 3.88. The minimum absolute atomic E-state index is 0.156. The van der Waals surface area contributed by atoms with E-state index in [1.54, 1.807) is 0 Å². The summed E-state index contributed by atoms with van der Waals surface area (Å²) >= 11 is 0. The van der Waals surface area contributed by atoms with Crippen molar-refractivity contribution >= 4 is 22.7 Å². The molecule has 0 aliphatic rings. The molecule has 0 heterocycles. The van der Waals surface area contributed by atoms with E-state index < -0.39 is 0 Å². The first-order chi connectivity index (χ1) is 18.2. The minimum Gasteiger partial charge on any atom is -0.376 e. The molecule has 0 spiro atoms. The van der Waals surface area contributed by atoms with Crippen molar-refractivity contribution in [1.82, 2.24) is 0 Å². The van der Waals surface area contributed by atoms with E-state index in [-0.39, 0.29) is 5.54 Å². The topological polar surface area (TPSA) is 15.3 Å². The first-order valence-corrected chi connectivity index (χ1v) is 13.2. The van der Waals surface area contributed by atoms with Crippen LogP contribution in [0.5, 0.6) is 0 Å². The maximum Gasteiger partial charge on any atom is 0.0626 e. The zero-order valence-corrected chi connectivity index (χ0v) is 21.6. The smallest absolute Gasteiger partial charge is 0.0626 e. The fourth-order valence-corrected chi connectivity index (χ4v) is 5.22. The highest BCUT2D eigenvalue weighted by molar-refractivity contribution is 5.79. The predicted octanol–water partition coefficient (Wildman–Crippen LogP) is 9.95. The summed E-state index contributed by atoms with van der Waals surface area (Å²) in [5, 5.41) is 3.88. The summed E-state index contributed by atoms with van der Waals surface area (Å²) in [6.07, 6.45) is 1.98. The van der Waals surface area contributed by atoms with Crippen LogP contribution in [0.2, 0.25) is 0 Å². The fraction of sp³-hybridized carbons (Fsp3) is 0.143. The fourth-order valence-electron chi connectivity index (χ4n) is 5.22. The van der Waals surface area contributed by atoms with Crippen molar-refractivity contribution in [1.29, 1.82) is 0 Å². The van der Waals surface area contributed by atoms with Crippen molar-refractivity contribution in [2.75, 3.05) is 10.2 Å². The second-order valence-electron chi connectivity index (χ2n) is 9.38. The first-order valence-electron chi connectivity index (χ1n) is 13.2. The second kappa shape index (κ2) is 11.2. The van der Waals surface area contributed by atoms with Gasteiger partial charge >= 0.3 is 0 Å². The molecule has 2 nitrogen and oxygen atoms in total. The zero-order valence-electron chi connectivity index (χ0n) is 21.6. The van der Waals surface area contributed by atoms with Crippen molar-refractivity contribution in [3.63, 3.8) is 0 Å². The largest absolute Gasteiger partial charge is 0.376 e. The third kappa shape index (κ3) is 5.15. The molecule has 0 bridgehead atoms.